The number of aryl methyl sites for hydroxylation is 3. The summed E-state index contributed by atoms with van der Waals surface area (Å²) >= 11 is 3.22. The van der Waals surface area contributed by atoms with Gasteiger partial charge in [-0.3, -0.25) is 4.79 Å². The normalized spacial score (nSPS) is 11.3. The Morgan fingerprint density at radius 3 is 2.61 bits per heavy atom. The zero-order chi connectivity index (χ0) is 22.4. The average molecular weight is 458 g/mol. The molecule has 0 atom stereocenters. The monoisotopic (exact) mass is 457 g/mol. The third-order valence-electron chi connectivity index (χ3n) is 4.87. The molecule has 1 aromatic carbocycles. The van der Waals surface area contributed by atoms with Gasteiger partial charge in [-0.1, -0.05) is 55.4 Å². The van der Waals surface area contributed by atoms with Crippen LogP contribution in [0.4, 0.5) is 0 Å². The van der Waals surface area contributed by atoms with Crippen LogP contribution in [0.5, 0.6) is 0 Å². The number of nitrogens with one attached hydrogen (secondary N) is 1. The molecular weight excluding hydrogens is 426 g/mol. The van der Waals surface area contributed by atoms with Crippen LogP contribution in [0.2, 0.25) is 0 Å². The van der Waals surface area contributed by atoms with Crippen molar-refractivity contribution in [2.24, 2.45) is 5.92 Å². The second-order valence-electron chi connectivity index (χ2n) is 8.11. The number of hydrogen-bond donors (Lipinski definition) is 1. The highest BCUT2D eigenvalue weighted by atomic mass is 32.2. The molecule has 0 unspecified atom stereocenters. The van der Waals surface area contributed by atoms with Crippen molar-refractivity contribution < 1.29 is 4.79 Å². The molecule has 2 heterocycles. The minimum Gasteiger partial charge on any atom is -0.356 e. The predicted octanol–water partition coefficient (Wildman–Crippen LogP) is 4.69. The molecule has 0 aliphatic carbocycles. The molecule has 0 bridgehead atoms. The van der Waals surface area contributed by atoms with Crippen LogP contribution in [0.1, 0.15) is 41.5 Å². The first kappa shape index (κ1) is 23.5. The lowest BCUT2D eigenvalue weighted by atomic mass is 10.1. The largest absolute Gasteiger partial charge is 0.356 e. The van der Waals surface area contributed by atoms with Crippen LogP contribution in [-0.4, -0.2) is 38.5 Å². The number of carbonyl (C=O) groups is 1. The molecule has 3 aromatic rings. The Hall–Kier alpha value is -2.19. The Labute approximate surface area is 192 Å². The first-order valence-corrected chi connectivity index (χ1v) is 12.7. The average Bonchev–Trinajstić information content (AvgIpc) is 3.28. The van der Waals surface area contributed by atoms with Gasteiger partial charge in [0.15, 0.2) is 5.16 Å². The maximum absolute atomic E-state index is 12.6. The van der Waals surface area contributed by atoms with Gasteiger partial charge in [-0.05, 0) is 32.4 Å². The fourth-order valence-electron chi connectivity index (χ4n) is 3.41. The quantitative estimate of drug-likeness (QED) is 0.353. The van der Waals surface area contributed by atoms with Crippen LogP contribution >= 0.6 is 23.1 Å². The maximum atomic E-state index is 12.6. The first-order chi connectivity index (χ1) is 14.9. The van der Waals surface area contributed by atoms with E-state index in [9.17, 15) is 4.79 Å². The van der Waals surface area contributed by atoms with Gasteiger partial charge in [-0.2, -0.15) is 0 Å². The molecule has 31 heavy (non-hydrogen) atoms. The van der Waals surface area contributed by atoms with Crippen molar-refractivity contribution >= 4 is 29.0 Å². The van der Waals surface area contributed by atoms with E-state index in [1.807, 2.05) is 13.2 Å². The van der Waals surface area contributed by atoms with Crippen molar-refractivity contribution in [3.8, 4) is 11.3 Å². The van der Waals surface area contributed by atoms with Gasteiger partial charge in [0.2, 0.25) is 5.91 Å². The topological polar surface area (TPSA) is 72.7 Å². The fraction of sp³-hybridized carbons (Fsp3) is 0.478. The van der Waals surface area contributed by atoms with Crippen LogP contribution in [0.25, 0.3) is 11.3 Å². The highest BCUT2D eigenvalue weighted by Gasteiger charge is 2.15. The lowest BCUT2D eigenvalue weighted by Gasteiger charge is -2.11. The van der Waals surface area contributed by atoms with Gasteiger partial charge in [0.25, 0.3) is 0 Å². The van der Waals surface area contributed by atoms with Crippen molar-refractivity contribution in [3.63, 3.8) is 0 Å². The molecule has 6 nitrogen and oxygen atoms in total. The van der Waals surface area contributed by atoms with Gasteiger partial charge >= 0.3 is 0 Å². The van der Waals surface area contributed by atoms with Crippen molar-refractivity contribution in [1.82, 2.24) is 25.1 Å². The zero-order valence-corrected chi connectivity index (χ0v) is 20.6. The highest BCUT2D eigenvalue weighted by Crippen LogP contribution is 2.28. The highest BCUT2D eigenvalue weighted by molar-refractivity contribution is 7.98. The van der Waals surface area contributed by atoms with E-state index in [2.05, 4.69) is 70.1 Å². The predicted molar refractivity (Wildman–Crippen MR) is 129 cm³/mol. The van der Waals surface area contributed by atoms with Crippen molar-refractivity contribution in [2.75, 3.05) is 12.8 Å². The molecule has 0 aliphatic rings. The Bertz CT molecular complexity index is 1010. The number of nitrogens with zero attached hydrogens (tertiary/aromatic N) is 4. The summed E-state index contributed by atoms with van der Waals surface area (Å²) in [6.45, 7) is 9.98. The minimum absolute atomic E-state index is 0.0328. The molecule has 2 aromatic heterocycles. The van der Waals surface area contributed by atoms with E-state index in [-0.39, 0.29) is 5.91 Å². The smallest absolute Gasteiger partial charge is 0.225 e. The summed E-state index contributed by atoms with van der Waals surface area (Å²) in [6.07, 6.45) is 4.02. The Morgan fingerprint density at radius 2 is 1.94 bits per heavy atom. The third kappa shape index (κ3) is 6.40. The maximum Gasteiger partial charge on any atom is 0.225 e. The van der Waals surface area contributed by atoms with Crippen LogP contribution in [0, 0.1) is 19.8 Å². The Kier molecular flexibility index (Phi) is 8.26. The summed E-state index contributed by atoms with van der Waals surface area (Å²) in [7, 11) is 0. The lowest BCUT2D eigenvalue weighted by Crippen LogP contribution is -2.26. The van der Waals surface area contributed by atoms with Gasteiger partial charge < -0.3 is 9.88 Å². The van der Waals surface area contributed by atoms with E-state index in [1.54, 1.807) is 23.1 Å². The van der Waals surface area contributed by atoms with E-state index in [4.69, 9.17) is 0 Å². The SMILES string of the molecule is CSc1nnc(CCCNC(=O)Cc2sc(C)nc2-c2ccc(C)cc2)n1CC(C)C. The molecule has 0 radical (unpaired) electrons. The summed E-state index contributed by atoms with van der Waals surface area (Å²) in [5.41, 5.74) is 3.19. The summed E-state index contributed by atoms with van der Waals surface area (Å²) in [5, 5.41) is 13.6. The Balaban J connectivity index is 1.54. The van der Waals surface area contributed by atoms with Crippen LogP contribution in [0.15, 0.2) is 29.4 Å². The number of rotatable bonds is 10. The number of amides is 1. The summed E-state index contributed by atoms with van der Waals surface area (Å²) in [6, 6.07) is 8.30. The second kappa shape index (κ2) is 10.9. The molecule has 0 saturated heterocycles. The van der Waals surface area contributed by atoms with Gasteiger partial charge in [-0.25, -0.2) is 4.98 Å². The molecule has 0 spiro atoms. The number of hydrogen-bond acceptors (Lipinski definition) is 6. The van der Waals surface area contributed by atoms with Gasteiger partial charge in [0.05, 0.1) is 17.1 Å². The number of carbonyl (C=O) groups excluding carboxylic acids is 1. The molecule has 0 saturated carbocycles. The van der Waals surface area contributed by atoms with Gasteiger partial charge in [0, 0.05) is 30.0 Å². The molecule has 1 amide bonds. The molecule has 0 fully saturated rings. The van der Waals surface area contributed by atoms with E-state index in [1.165, 1.54) is 5.56 Å². The number of aromatic nitrogens is 4. The molecule has 1 N–H and O–H groups in total. The van der Waals surface area contributed by atoms with E-state index in [0.29, 0.717) is 18.9 Å². The van der Waals surface area contributed by atoms with E-state index >= 15 is 0 Å². The fourth-order valence-corrected chi connectivity index (χ4v) is 4.89. The molecule has 166 valence electrons. The lowest BCUT2D eigenvalue weighted by molar-refractivity contribution is -0.120. The van der Waals surface area contributed by atoms with Gasteiger partial charge in [-0.15, -0.1) is 21.5 Å². The van der Waals surface area contributed by atoms with Gasteiger partial charge in [0.1, 0.15) is 5.82 Å². The van der Waals surface area contributed by atoms with Crippen molar-refractivity contribution in [2.45, 2.75) is 58.7 Å². The second-order valence-corrected chi connectivity index (χ2v) is 10.2. The van der Waals surface area contributed by atoms with Crippen LogP contribution < -0.4 is 5.32 Å². The standard InChI is InChI=1S/C23H31N5OS2/c1-15(2)14-28-20(26-27-23(28)30-5)7-6-12-24-21(29)13-19-22(25-17(4)31-19)18-10-8-16(3)9-11-18/h8-11,15H,6-7,12-14H2,1-5H3,(H,24,29). The third-order valence-corrected chi connectivity index (χ3v) is 6.51. The summed E-state index contributed by atoms with van der Waals surface area (Å²) in [4.78, 5) is 18.2. The van der Waals surface area contributed by atoms with E-state index in [0.717, 1.165) is 51.5 Å². The zero-order valence-electron chi connectivity index (χ0n) is 18.9. The van der Waals surface area contributed by atoms with Crippen LogP contribution in [0.3, 0.4) is 0 Å². The Morgan fingerprint density at radius 1 is 1.19 bits per heavy atom. The number of thioether (sulfide) groups is 1. The van der Waals surface area contributed by atoms with E-state index < -0.39 is 0 Å². The summed E-state index contributed by atoms with van der Waals surface area (Å²) < 4.78 is 2.20. The minimum atomic E-state index is 0.0328. The first-order valence-electron chi connectivity index (χ1n) is 10.6. The van der Waals surface area contributed by atoms with Crippen molar-refractivity contribution in [1.29, 1.82) is 0 Å². The van der Waals surface area contributed by atoms with Crippen LogP contribution in [-0.2, 0) is 24.2 Å². The number of benzene rings is 1. The number of thiazole rings is 1. The molecule has 8 heteroatoms. The summed E-state index contributed by atoms with van der Waals surface area (Å²) in [5.74, 6) is 1.56. The molecule has 0 aliphatic heterocycles. The van der Waals surface area contributed by atoms with Crippen molar-refractivity contribution in [3.05, 3.63) is 45.5 Å². The molecule has 3 rings (SSSR count). The molecular formula is C23H31N5OS2.